The van der Waals surface area contributed by atoms with Crippen molar-refractivity contribution in [2.24, 2.45) is 5.73 Å². The number of piperazine rings is 1. The molecule has 23 heavy (non-hydrogen) atoms. The molecule has 1 aliphatic rings. The first-order chi connectivity index (χ1) is 10.9. The lowest BCUT2D eigenvalue weighted by Gasteiger charge is -2.38. The molecule has 0 bridgehead atoms. The fourth-order valence-corrected chi connectivity index (χ4v) is 2.86. The first kappa shape index (κ1) is 17.3. The maximum Gasteiger partial charge on any atom is 0.241 e. The molecular weight excluding hydrogens is 292 g/mol. The fourth-order valence-electron chi connectivity index (χ4n) is 2.86. The summed E-state index contributed by atoms with van der Waals surface area (Å²) < 4.78 is 0. The van der Waals surface area contributed by atoms with Crippen LogP contribution in [0.1, 0.15) is 12.0 Å². The molecule has 0 aromatic heterocycles. The average Bonchev–Trinajstić information content (AvgIpc) is 2.52. The van der Waals surface area contributed by atoms with Crippen molar-refractivity contribution in [3.63, 3.8) is 0 Å². The highest BCUT2D eigenvalue weighted by molar-refractivity contribution is 5.87. The van der Waals surface area contributed by atoms with E-state index in [1.54, 1.807) is 4.90 Å². The van der Waals surface area contributed by atoms with E-state index in [9.17, 15) is 9.59 Å². The third-order valence-electron chi connectivity index (χ3n) is 4.34. The molecule has 2 amide bonds. The number of anilines is 1. The van der Waals surface area contributed by atoms with E-state index in [1.807, 2.05) is 44.1 Å². The minimum atomic E-state index is -0.523. The van der Waals surface area contributed by atoms with Gasteiger partial charge in [0.05, 0.1) is 0 Å². The fraction of sp³-hybridized carbons (Fsp3) is 0.529. The van der Waals surface area contributed by atoms with Gasteiger partial charge in [-0.1, -0.05) is 12.1 Å². The van der Waals surface area contributed by atoms with E-state index in [0.29, 0.717) is 26.1 Å². The second-order valence-electron chi connectivity index (χ2n) is 6.28. The van der Waals surface area contributed by atoms with Crippen LogP contribution in [0.4, 0.5) is 5.69 Å². The number of hydrogen-bond donors (Lipinski definition) is 1. The van der Waals surface area contributed by atoms with Gasteiger partial charge < -0.3 is 20.4 Å². The van der Waals surface area contributed by atoms with Gasteiger partial charge in [0.15, 0.2) is 0 Å². The Labute approximate surface area is 137 Å². The van der Waals surface area contributed by atoms with Crippen LogP contribution >= 0.6 is 0 Å². The number of carbonyl (C=O) groups excluding carboxylic acids is 2. The van der Waals surface area contributed by atoms with Crippen LogP contribution in [0.5, 0.6) is 0 Å². The van der Waals surface area contributed by atoms with Crippen LogP contribution in [-0.4, -0.2) is 67.9 Å². The Morgan fingerprint density at radius 3 is 2.74 bits per heavy atom. The summed E-state index contributed by atoms with van der Waals surface area (Å²) in [5.41, 5.74) is 7.73. The van der Waals surface area contributed by atoms with Crippen molar-refractivity contribution in [3.8, 4) is 0 Å². The van der Waals surface area contributed by atoms with E-state index in [-0.39, 0.29) is 5.91 Å². The predicted octanol–water partition coefficient (Wildman–Crippen LogP) is 0.449. The van der Waals surface area contributed by atoms with Crippen LogP contribution in [-0.2, 0) is 9.59 Å². The number of amides is 2. The summed E-state index contributed by atoms with van der Waals surface area (Å²) >= 11 is 0. The number of nitrogens with zero attached hydrogens (tertiary/aromatic N) is 3. The zero-order valence-electron chi connectivity index (χ0n) is 14.2. The zero-order valence-corrected chi connectivity index (χ0v) is 14.2. The predicted molar refractivity (Wildman–Crippen MR) is 91.3 cm³/mol. The van der Waals surface area contributed by atoms with Crippen LogP contribution < -0.4 is 10.6 Å². The van der Waals surface area contributed by atoms with Crippen LogP contribution in [0.25, 0.3) is 0 Å². The van der Waals surface area contributed by atoms with Crippen molar-refractivity contribution in [1.82, 2.24) is 9.80 Å². The average molecular weight is 318 g/mol. The summed E-state index contributed by atoms with van der Waals surface area (Å²) in [6.45, 7) is 4.49. The minimum absolute atomic E-state index is 0.0126. The van der Waals surface area contributed by atoms with Crippen LogP contribution in [0.15, 0.2) is 24.3 Å². The maximum absolute atomic E-state index is 12.5. The largest absolute Gasteiger partial charge is 0.374 e. The molecule has 126 valence electrons. The molecule has 1 fully saturated rings. The molecular formula is C17H26N4O2. The third-order valence-corrected chi connectivity index (χ3v) is 4.34. The second kappa shape index (κ2) is 7.46. The normalized spacial score (nSPS) is 18.7. The smallest absolute Gasteiger partial charge is 0.241 e. The van der Waals surface area contributed by atoms with Crippen molar-refractivity contribution >= 4 is 17.5 Å². The lowest BCUT2D eigenvalue weighted by Crippen LogP contribution is -2.59. The molecule has 0 spiro atoms. The molecule has 1 atom stereocenters. The molecule has 6 nitrogen and oxygen atoms in total. The van der Waals surface area contributed by atoms with Gasteiger partial charge in [-0.3, -0.25) is 9.59 Å². The molecule has 1 heterocycles. The molecule has 1 aliphatic heterocycles. The van der Waals surface area contributed by atoms with Gasteiger partial charge in [0.1, 0.15) is 6.04 Å². The third kappa shape index (κ3) is 4.45. The Hall–Kier alpha value is -2.08. The topological polar surface area (TPSA) is 69.9 Å². The Bertz CT molecular complexity index is 575. The first-order valence-electron chi connectivity index (χ1n) is 7.93. The van der Waals surface area contributed by atoms with Gasteiger partial charge >= 0.3 is 0 Å². The van der Waals surface area contributed by atoms with E-state index in [4.69, 9.17) is 5.73 Å². The van der Waals surface area contributed by atoms with Crippen molar-refractivity contribution in [2.45, 2.75) is 19.4 Å². The second-order valence-corrected chi connectivity index (χ2v) is 6.28. The van der Waals surface area contributed by atoms with Gasteiger partial charge in [0.2, 0.25) is 11.8 Å². The molecule has 0 aliphatic carbocycles. The molecule has 2 rings (SSSR count). The van der Waals surface area contributed by atoms with E-state index in [1.165, 1.54) is 5.56 Å². The Morgan fingerprint density at radius 1 is 1.35 bits per heavy atom. The van der Waals surface area contributed by atoms with E-state index < -0.39 is 11.9 Å². The summed E-state index contributed by atoms with van der Waals surface area (Å²) in [6, 6.07) is 7.65. The van der Waals surface area contributed by atoms with Crippen molar-refractivity contribution in [3.05, 3.63) is 29.8 Å². The monoisotopic (exact) mass is 318 g/mol. The number of nitrogens with two attached hydrogens (primary N) is 1. The highest BCUT2D eigenvalue weighted by atomic mass is 16.2. The standard InChI is InChI=1S/C17H26N4O2/c1-13-5-4-6-14(11-13)20(3)8-7-16(22)21-10-9-19(2)12-15(21)17(18)23/h4-6,11,15H,7-10,12H2,1-3H3,(H2,18,23). The van der Waals surface area contributed by atoms with E-state index >= 15 is 0 Å². The van der Waals surface area contributed by atoms with Crippen molar-refractivity contribution in [2.75, 3.05) is 45.2 Å². The Kier molecular flexibility index (Phi) is 5.60. The summed E-state index contributed by atoms with van der Waals surface area (Å²) in [4.78, 5) is 29.8. The van der Waals surface area contributed by atoms with Gasteiger partial charge in [-0.25, -0.2) is 0 Å². The number of hydrogen-bond acceptors (Lipinski definition) is 4. The van der Waals surface area contributed by atoms with E-state index in [0.717, 1.165) is 12.2 Å². The lowest BCUT2D eigenvalue weighted by atomic mass is 10.1. The summed E-state index contributed by atoms with van der Waals surface area (Å²) in [6.07, 6.45) is 0.373. The number of carbonyl (C=O) groups is 2. The van der Waals surface area contributed by atoms with Gasteiger partial charge in [0.25, 0.3) is 0 Å². The SMILES string of the molecule is Cc1cccc(N(C)CCC(=O)N2CCN(C)CC2C(N)=O)c1. The van der Waals surface area contributed by atoms with Crippen molar-refractivity contribution < 1.29 is 9.59 Å². The quantitative estimate of drug-likeness (QED) is 0.856. The number of aryl methyl sites for hydroxylation is 1. The van der Waals surface area contributed by atoms with Gasteiger partial charge in [-0.15, -0.1) is 0 Å². The molecule has 1 aromatic carbocycles. The first-order valence-corrected chi connectivity index (χ1v) is 7.93. The highest BCUT2D eigenvalue weighted by Gasteiger charge is 2.32. The highest BCUT2D eigenvalue weighted by Crippen LogP contribution is 2.15. The minimum Gasteiger partial charge on any atom is -0.374 e. The molecule has 0 radical (unpaired) electrons. The maximum atomic E-state index is 12.5. The lowest BCUT2D eigenvalue weighted by molar-refractivity contribution is -0.142. The summed E-state index contributed by atoms with van der Waals surface area (Å²) in [7, 11) is 3.90. The van der Waals surface area contributed by atoms with Gasteiger partial charge in [0, 0.05) is 45.3 Å². The summed E-state index contributed by atoms with van der Waals surface area (Å²) in [5.74, 6) is -0.446. The number of rotatable bonds is 5. The van der Waals surface area contributed by atoms with Crippen LogP contribution in [0.3, 0.4) is 0 Å². The van der Waals surface area contributed by atoms with Gasteiger partial charge in [-0.05, 0) is 31.7 Å². The molecule has 1 saturated heterocycles. The number of primary amides is 1. The molecule has 0 saturated carbocycles. The molecule has 1 unspecified atom stereocenters. The van der Waals surface area contributed by atoms with Crippen LogP contribution in [0.2, 0.25) is 0 Å². The Morgan fingerprint density at radius 2 is 2.09 bits per heavy atom. The number of likely N-dealkylation sites (N-methyl/N-ethyl adjacent to an activating group) is 1. The van der Waals surface area contributed by atoms with Crippen molar-refractivity contribution in [1.29, 1.82) is 0 Å². The Balaban J connectivity index is 1.94. The zero-order chi connectivity index (χ0) is 17.0. The molecule has 6 heteroatoms. The molecule has 1 aromatic rings. The molecule has 2 N–H and O–H groups in total. The number of benzene rings is 1. The summed E-state index contributed by atoms with van der Waals surface area (Å²) in [5, 5.41) is 0. The van der Waals surface area contributed by atoms with Crippen LogP contribution in [0, 0.1) is 6.92 Å². The van der Waals surface area contributed by atoms with E-state index in [2.05, 4.69) is 11.0 Å². The van der Waals surface area contributed by atoms with Gasteiger partial charge in [-0.2, -0.15) is 0 Å².